The van der Waals surface area contributed by atoms with Gasteiger partial charge in [0.2, 0.25) is 5.91 Å². The Bertz CT molecular complexity index is 474. The molecule has 0 aliphatic carbocycles. The smallest absolute Gasteiger partial charge is 0.269 e. The molecule has 0 spiro atoms. The van der Waals surface area contributed by atoms with Gasteiger partial charge in [-0.25, -0.2) is 0 Å². The maximum Gasteiger partial charge on any atom is 0.269 e. The Hall–Kier alpha value is -1.56. The van der Waals surface area contributed by atoms with Gasteiger partial charge in [0.15, 0.2) is 0 Å². The second-order valence-electron chi connectivity index (χ2n) is 4.92. The molecule has 0 saturated carbocycles. The first kappa shape index (κ1) is 16.5. The Balaban J connectivity index is 2.54. The zero-order valence-corrected chi connectivity index (χ0v) is 13.0. The molecule has 110 valence electrons. The molecule has 5 nitrogen and oxygen atoms in total. The maximum atomic E-state index is 12.1. The van der Waals surface area contributed by atoms with Crippen molar-refractivity contribution in [3.05, 3.63) is 39.9 Å². The van der Waals surface area contributed by atoms with E-state index >= 15 is 0 Å². The van der Waals surface area contributed by atoms with E-state index in [2.05, 4.69) is 0 Å². The third-order valence-electron chi connectivity index (χ3n) is 3.12. The molecule has 0 bridgehead atoms. The largest absolute Gasteiger partial charge is 0.342 e. The van der Waals surface area contributed by atoms with Crippen molar-refractivity contribution in [2.75, 3.05) is 7.05 Å². The van der Waals surface area contributed by atoms with E-state index in [0.29, 0.717) is 5.75 Å². The van der Waals surface area contributed by atoms with Gasteiger partial charge >= 0.3 is 0 Å². The second kappa shape index (κ2) is 7.28. The highest BCUT2D eigenvalue weighted by atomic mass is 32.2. The summed E-state index contributed by atoms with van der Waals surface area (Å²) in [6.07, 6.45) is 0. The molecule has 0 aliphatic heterocycles. The molecule has 0 N–H and O–H groups in total. The summed E-state index contributed by atoms with van der Waals surface area (Å²) in [7, 11) is 1.80. The summed E-state index contributed by atoms with van der Waals surface area (Å²) in [5, 5.41) is 10.4. The molecule has 0 radical (unpaired) electrons. The third kappa shape index (κ3) is 4.52. The van der Waals surface area contributed by atoms with Gasteiger partial charge in [0, 0.05) is 31.0 Å². The fourth-order valence-electron chi connectivity index (χ4n) is 1.55. The number of nitro groups is 1. The average Bonchev–Trinajstić information content (AvgIpc) is 2.43. The monoisotopic (exact) mass is 296 g/mol. The van der Waals surface area contributed by atoms with Crippen LogP contribution in [-0.4, -0.2) is 34.1 Å². The Morgan fingerprint density at radius 1 is 1.30 bits per heavy atom. The molecular formula is C14H20N2O3S. The van der Waals surface area contributed by atoms with Crippen LogP contribution >= 0.6 is 11.8 Å². The maximum absolute atomic E-state index is 12.1. The number of hydrogen-bond acceptors (Lipinski definition) is 4. The van der Waals surface area contributed by atoms with Gasteiger partial charge in [-0.15, -0.1) is 11.8 Å². The molecule has 0 heterocycles. The van der Waals surface area contributed by atoms with Crippen LogP contribution in [0.5, 0.6) is 0 Å². The Morgan fingerprint density at radius 3 is 2.30 bits per heavy atom. The molecule has 0 fully saturated rings. The van der Waals surface area contributed by atoms with Gasteiger partial charge < -0.3 is 4.90 Å². The number of non-ortho nitro benzene ring substituents is 1. The van der Waals surface area contributed by atoms with Crippen LogP contribution < -0.4 is 0 Å². The number of nitrogens with zero attached hydrogens (tertiary/aromatic N) is 2. The van der Waals surface area contributed by atoms with Crippen molar-refractivity contribution in [2.45, 2.75) is 37.8 Å². The first-order valence-electron chi connectivity index (χ1n) is 6.44. The van der Waals surface area contributed by atoms with Crippen molar-refractivity contribution in [1.29, 1.82) is 0 Å². The van der Waals surface area contributed by atoms with Gasteiger partial charge in [0.1, 0.15) is 0 Å². The molecule has 1 aromatic rings. The van der Waals surface area contributed by atoms with Crippen molar-refractivity contribution in [2.24, 2.45) is 0 Å². The van der Waals surface area contributed by atoms with E-state index in [9.17, 15) is 14.9 Å². The van der Waals surface area contributed by atoms with Crippen LogP contribution in [0.3, 0.4) is 0 Å². The summed E-state index contributed by atoms with van der Waals surface area (Å²) in [4.78, 5) is 23.9. The van der Waals surface area contributed by atoms with Gasteiger partial charge in [-0.3, -0.25) is 14.9 Å². The van der Waals surface area contributed by atoms with E-state index in [4.69, 9.17) is 0 Å². The lowest BCUT2D eigenvalue weighted by Gasteiger charge is -2.24. The minimum atomic E-state index is -0.416. The Labute approximate surface area is 123 Å². The van der Waals surface area contributed by atoms with Crippen LogP contribution in [0.15, 0.2) is 24.3 Å². The highest BCUT2D eigenvalue weighted by Crippen LogP contribution is 2.21. The standard InChI is InChI=1S/C14H20N2O3S/c1-10(2)15(4)14(17)11(3)20-9-12-5-7-13(8-6-12)16(18)19/h5-8,10-11H,9H2,1-4H3/t11-/m0/s1. The van der Waals surface area contributed by atoms with E-state index < -0.39 is 4.92 Å². The minimum Gasteiger partial charge on any atom is -0.342 e. The predicted molar refractivity (Wildman–Crippen MR) is 81.8 cm³/mol. The number of thioether (sulfide) groups is 1. The Kier molecular flexibility index (Phi) is 6.01. The topological polar surface area (TPSA) is 63.5 Å². The molecule has 0 aromatic heterocycles. The summed E-state index contributed by atoms with van der Waals surface area (Å²) in [6.45, 7) is 5.84. The number of carbonyl (C=O) groups excluding carboxylic acids is 1. The Morgan fingerprint density at radius 2 is 1.85 bits per heavy atom. The van der Waals surface area contributed by atoms with Gasteiger partial charge in [-0.2, -0.15) is 0 Å². The van der Waals surface area contributed by atoms with Crippen LogP contribution in [0.4, 0.5) is 5.69 Å². The van der Waals surface area contributed by atoms with Crippen LogP contribution in [-0.2, 0) is 10.5 Å². The van der Waals surface area contributed by atoms with Crippen LogP contribution in [0.1, 0.15) is 26.3 Å². The first-order valence-corrected chi connectivity index (χ1v) is 7.49. The molecule has 0 saturated heterocycles. The van der Waals surface area contributed by atoms with Crippen LogP contribution in [0.2, 0.25) is 0 Å². The summed E-state index contributed by atoms with van der Waals surface area (Å²) in [6, 6.07) is 6.62. The minimum absolute atomic E-state index is 0.0856. The summed E-state index contributed by atoms with van der Waals surface area (Å²) in [5.74, 6) is 0.767. The average molecular weight is 296 g/mol. The number of nitro benzene ring substituents is 1. The quantitative estimate of drug-likeness (QED) is 0.598. The number of hydrogen-bond donors (Lipinski definition) is 0. The number of carbonyl (C=O) groups is 1. The first-order chi connectivity index (χ1) is 9.32. The predicted octanol–water partition coefficient (Wildman–Crippen LogP) is 3.08. The molecule has 1 aromatic carbocycles. The molecular weight excluding hydrogens is 276 g/mol. The third-order valence-corrected chi connectivity index (χ3v) is 4.32. The van der Waals surface area contributed by atoms with Gasteiger partial charge in [-0.05, 0) is 26.3 Å². The number of amides is 1. The molecule has 1 atom stereocenters. The fourth-order valence-corrected chi connectivity index (χ4v) is 2.49. The molecule has 0 unspecified atom stereocenters. The van der Waals surface area contributed by atoms with Crippen molar-refractivity contribution in [3.8, 4) is 0 Å². The molecule has 1 amide bonds. The van der Waals surface area contributed by atoms with E-state index in [1.807, 2.05) is 20.8 Å². The van der Waals surface area contributed by atoms with Crippen molar-refractivity contribution >= 4 is 23.4 Å². The number of rotatable bonds is 6. The molecule has 1 rings (SSSR count). The van der Waals surface area contributed by atoms with E-state index in [0.717, 1.165) is 5.56 Å². The van der Waals surface area contributed by atoms with Crippen molar-refractivity contribution in [3.63, 3.8) is 0 Å². The van der Waals surface area contributed by atoms with Crippen molar-refractivity contribution in [1.82, 2.24) is 4.90 Å². The summed E-state index contributed by atoms with van der Waals surface area (Å²) < 4.78 is 0. The van der Waals surface area contributed by atoms with E-state index in [1.54, 1.807) is 24.1 Å². The lowest BCUT2D eigenvalue weighted by atomic mass is 10.2. The second-order valence-corrected chi connectivity index (χ2v) is 6.25. The fraction of sp³-hybridized carbons (Fsp3) is 0.500. The molecule has 6 heteroatoms. The van der Waals surface area contributed by atoms with Gasteiger partial charge in [0.05, 0.1) is 10.2 Å². The summed E-state index contributed by atoms with van der Waals surface area (Å²) in [5.41, 5.74) is 1.06. The SMILES string of the molecule is CC(C)N(C)C(=O)[C@H](C)SCc1ccc([N+](=O)[O-])cc1. The molecule has 0 aliphatic rings. The van der Waals surface area contributed by atoms with Gasteiger partial charge in [-0.1, -0.05) is 12.1 Å². The zero-order valence-electron chi connectivity index (χ0n) is 12.2. The van der Waals surface area contributed by atoms with Crippen LogP contribution in [0, 0.1) is 10.1 Å². The van der Waals surface area contributed by atoms with Crippen molar-refractivity contribution < 1.29 is 9.72 Å². The zero-order chi connectivity index (χ0) is 15.3. The van der Waals surface area contributed by atoms with Gasteiger partial charge in [0.25, 0.3) is 5.69 Å². The van der Waals surface area contributed by atoms with Crippen LogP contribution in [0.25, 0.3) is 0 Å². The van der Waals surface area contributed by atoms with E-state index in [-0.39, 0.29) is 22.9 Å². The molecule has 20 heavy (non-hydrogen) atoms. The number of benzene rings is 1. The lowest BCUT2D eigenvalue weighted by Crippen LogP contribution is -2.38. The van der Waals surface area contributed by atoms with E-state index in [1.165, 1.54) is 23.9 Å². The highest BCUT2D eigenvalue weighted by molar-refractivity contribution is 7.99. The lowest BCUT2D eigenvalue weighted by molar-refractivity contribution is -0.384. The highest BCUT2D eigenvalue weighted by Gasteiger charge is 2.19. The normalized spacial score (nSPS) is 12.2. The summed E-state index contributed by atoms with van der Waals surface area (Å²) >= 11 is 1.54.